The molecule has 292 valence electrons. The molecule has 0 amide bonds. The fraction of sp³-hybridized carbons (Fsp3) is 0.259. The topological polar surface area (TPSA) is 19.6 Å². The van der Waals surface area contributed by atoms with Crippen LogP contribution >= 0.6 is 11.3 Å². The fourth-order valence-corrected chi connectivity index (χ4v) is 11.8. The van der Waals surface area contributed by atoms with Crippen molar-refractivity contribution in [2.75, 3.05) is 9.80 Å². The Hall–Kier alpha value is -5.52. The lowest BCUT2D eigenvalue weighted by Crippen LogP contribution is -2.61. The molecule has 0 unspecified atom stereocenters. The Kier molecular flexibility index (Phi) is 7.75. The largest absolute Gasteiger partial charge is 0.440 e. The van der Waals surface area contributed by atoms with E-state index >= 15 is 0 Å². The summed E-state index contributed by atoms with van der Waals surface area (Å²) in [6.45, 7) is 20.9. The molecule has 2 aromatic heterocycles. The van der Waals surface area contributed by atoms with Gasteiger partial charge in [0.15, 0.2) is 0 Å². The van der Waals surface area contributed by atoms with Crippen LogP contribution in [-0.2, 0) is 23.7 Å². The second-order valence-corrected chi connectivity index (χ2v) is 21.3. The zero-order chi connectivity index (χ0) is 40.7. The lowest BCUT2D eigenvalue weighted by Gasteiger charge is -2.43. The van der Waals surface area contributed by atoms with Gasteiger partial charge in [-0.2, -0.15) is 0 Å². The summed E-state index contributed by atoms with van der Waals surface area (Å²) in [7, 11) is 0. The molecule has 0 bridgehead atoms. The molecule has 3 aliphatic rings. The molecule has 0 atom stereocenters. The molecule has 0 saturated carbocycles. The summed E-state index contributed by atoms with van der Waals surface area (Å²) >= 11 is 2.01. The van der Waals surface area contributed by atoms with Crippen molar-refractivity contribution in [3.8, 4) is 11.1 Å². The van der Waals surface area contributed by atoms with Crippen molar-refractivity contribution in [1.29, 1.82) is 0 Å². The van der Waals surface area contributed by atoms with E-state index in [9.17, 15) is 0 Å². The predicted molar refractivity (Wildman–Crippen MR) is 254 cm³/mol. The molecule has 0 saturated heterocycles. The number of aryl methyl sites for hydroxylation is 1. The molecule has 2 aliphatic heterocycles. The molecule has 0 N–H and O–H groups in total. The van der Waals surface area contributed by atoms with E-state index in [0.29, 0.717) is 0 Å². The van der Waals surface area contributed by atoms with Crippen molar-refractivity contribution in [1.82, 2.24) is 0 Å². The molecule has 1 aliphatic carbocycles. The first-order valence-corrected chi connectivity index (χ1v) is 22.1. The minimum atomic E-state index is -0.0394. The highest BCUT2D eigenvalue weighted by atomic mass is 32.1. The highest BCUT2D eigenvalue weighted by Gasteiger charge is 2.48. The summed E-state index contributed by atoms with van der Waals surface area (Å²) in [5, 5.41) is 2.60. The lowest BCUT2D eigenvalue weighted by molar-refractivity contribution is 0.394. The monoisotopic (exact) mass is 786 g/mol. The van der Waals surface area contributed by atoms with Gasteiger partial charge in [0, 0.05) is 54.1 Å². The molecular weight excluding hydrogens is 735 g/mol. The Morgan fingerprint density at radius 1 is 0.661 bits per heavy atom. The maximum Gasteiger partial charge on any atom is 0.257 e. The molecule has 5 heteroatoms. The van der Waals surface area contributed by atoms with Gasteiger partial charge in [-0.3, -0.25) is 4.90 Å². The molecule has 4 heterocycles. The van der Waals surface area contributed by atoms with E-state index in [4.69, 9.17) is 4.42 Å². The Balaban J connectivity index is 1.26. The zero-order valence-electron chi connectivity index (χ0n) is 35.7. The number of furan rings is 1. The fourth-order valence-electron chi connectivity index (χ4n) is 10.4. The van der Waals surface area contributed by atoms with Crippen LogP contribution in [0.2, 0.25) is 0 Å². The Bertz CT molecular complexity index is 2990. The number of para-hydroxylation sites is 1. The van der Waals surface area contributed by atoms with Crippen LogP contribution < -0.4 is 26.2 Å². The average molecular weight is 787 g/mol. The summed E-state index contributed by atoms with van der Waals surface area (Å²) in [4.78, 5) is 6.61. The number of hydrogen-bond acceptors (Lipinski definition) is 4. The van der Waals surface area contributed by atoms with Gasteiger partial charge in [0.1, 0.15) is 5.58 Å². The van der Waals surface area contributed by atoms with Gasteiger partial charge in [-0.05, 0) is 117 Å². The van der Waals surface area contributed by atoms with E-state index in [1.807, 2.05) is 11.3 Å². The van der Waals surface area contributed by atoms with Gasteiger partial charge >= 0.3 is 0 Å². The van der Waals surface area contributed by atoms with E-state index in [2.05, 4.69) is 193 Å². The van der Waals surface area contributed by atoms with Gasteiger partial charge in [0.2, 0.25) is 5.88 Å². The van der Waals surface area contributed by atoms with Crippen molar-refractivity contribution >= 4 is 89.8 Å². The predicted octanol–water partition coefficient (Wildman–Crippen LogP) is 13.4. The number of anilines is 6. The molecule has 0 radical (unpaired) electrons. The third-order valence-electron chi connectivity index (χ3n) is 13.2. The molecule has 3 nitrogen and oxygen atoms in total. The van der Waals surface area contributed by atoms with E-state index < -0.39 is 0 Å². The van der Waals surface area contributed by atoms with Crippen LogP contribution in [0, 0.1) is 12.3 Å². The minimum absolute atomic E-state index is 0.0394. The minimum Gasteiger partial charge on any atom is -0.440 e. The van der Waals surface area contributed by atoms with Gasteiger partial charge in [0.05, 0.1) is 5.69 Å². The van der Waals surface area contributed by atoms with E-state index in [-0.39, 0.29) is 23.0 Å². The van der Waals surface area contributed by atoms with Crippen LogP contribution in [0.5, 0.6) is 0 Å². The molecule has 11 rings (SSSR count). The first-order chi connectivity index (χ1) is 28.2. The highest BCUT2D eigenvalue weighted by molar-refractivity contribution is 7.19. The number of benzene rings is 6. The van der Waals surface area contributed by atoms with Crippen molar-refractivity contribution in [3.05, 3.63) is 148 Å². The number of thiophene rings is 1. The number of rotatable bonds is 3. The van der Waals surface area contributed by atoms with Crippen molar-refractivity contribution in [2.24, 2.45) is 5.41 Å². The maximum absolute atomic E-state index is 7.39. The van der Waals surface area contributed by atoms with Crippen LogP contribution in [0.4, 0.5) is 34.3 Å². The first-order valence-electron chi connectivity index (χ1n) is 21.3. The second-order valence-electron chi connectivity index (χ2n) is 20.2. The van der Waals surface area contributed by atoms with Crippen LogP contribution in [0.3, 0.4) is 0 Å². The van der Waals surface area contributed by atoms with E-state index in [1.165, 1.54) is 71.3 Å². The summed E-state index contributed by atoms with van der Waals surface area (Å²) in [6.07, 6.45) is 2.21. The van der Waals surface area contributed by atoms with Crippen molar-refractivity contribution in [3.63, 3.8) is 0 Å². The van der Waals surface area contributed by atoms with Crippen molar-refractivity contribution < 1.29 is 4.42 Å². The lowest BCUT2D eigenvalue weighted by atomic mass is 9.33. The van der Waals surface area contributed by atoms with Gasteiger partial charge in [-0.15, -0.1) is 11.3 Å². The van der Waals surface area contributed by atoms with Crippen LogP contribution in [-0.4, -0.2) is 6.71 Å². The molecule has 6 aromatic carbocycles. The van der Waals surface area contributed by atoms with E-state index in [0.717, 1.165) is 41.1 Å². The second kappa shape index (κ2) is 12.5. The van der Waals surface area contributed by atoms with Gasteiger partial charge < -0.3 is 9.32 Å². The molecule has 0 spiro atoms. The average Bonchev–Trinajstić information content (AvgIpc) is 3.84. The van der Waals surface area contributed by atoms with Crippen LogP contribution in [0.15, 0.2) is 126 Å². The normalized spacial score (nSPS) is 15.4. The van der Waals surface area contributed by atoms with Crippen LogP contribution in [0.25, 0.3) is 32.2 Å². The Labute approximate surface area is 353 Å². The summed E-state index contributed by atoms with van der Waals surface area (Å²) < 4.78 is 8.78. The van der Waals surface area contributed by atoms with Crippen molar-refractivity contribution in [2.45, 2.75) is 86.0 Å². The number of hydrogen-bond donors (Lipinski definition) is 0. The third-order valence-corrected chi connectivity index (χ3v) is 14.4. The van der Waals surface area contributed by atoms with Gasteiger partial charge in [0.25, 0.3) is 6.71 Å². The zero-order valence-corrected chi connectivity index (χ0v) is 36.6. The first kappa shape index (κ1) is 36.6. The number of nitrogens with zero attached hydrogens (tertiary/aromatic N) is 2. The van der Waals surface area contributed by atoms with Gasteiger partial charge in [-0.1, -0.05) is 134 Å². The molecule has 59 heavy (non-hydrogen) atoms. The summed E-state index contributed by atoms with van der Waals surface area (Å²) in [6, 6.07) is 45.8. The SMILES string of the molecule is Cc1cc2c3c(c1)N(c1ccc(C(C)(C)C)cc1)c1c(ccc4sc5c(c14)CC(C)(C)C5)B3c1c(oc3c(-c4ccccc4)cccc13)N2c1ccc(C(C)(C)C)cc1. The smallest absolute Gasteiger partial charge is 0.257 e. The molecular formula is C54H51BN2OS. The quantitative estimate of drug-likeness (QED) is 0.166. The maximum atomic E-state index is 7.39. The Morgan fingerprint density at radius 3 is 1.93 bits per heavy atom. The standard InChI is InChI=1S/C54H51BN2OS/c1-32-28-42-48-43(29-32)57(37-24-20-35(21-25-37)53(5,6)7)51-47(39-17-13-16-38(50(39)58-51)33-14-11-10-12-15-33)55(48)41-26-27-44-46(40-30-54(8,9)31-45(40)59-44)49(41)56(42)36-22-18-34(19-23-36)52(2,3)4/h10-29H,30-31H2,1-9H3. The third kappa shape index (κ3) is 5.53. The summed E-state index contributed by atoms with van der Waals surface area (Å²) in [5.41, 5.74) is 18.9. The highest BCUT2D eigenvalue weighted by Crippen LogP contribution is 2.53. The molecule has 8 aromatic rings. The molecule has 0 fully saturated rings. The van der Waals surface area contributed by atoms with Crippen LogP contribution in [0.1, 0.15) is 82.5 Å². The van der Waals surface area contributed by atoms with Gasteiger partial charge in [-0.25, -0.2) is 0 Å². The Morgan fingerprint density at radius 2 is 1.29 bits per heavy atom. The van der Waals surface area contributed by atoms with E-state index in [1.54, 1.807) is 10.4 Å². The summed E-state index contributed by atoms with van der Waals surface area (Å²) in [5.74, 6) is 0.909. The number of fused-ring (bicyclic) bond motifs is 10.